The maximum absolute atomic E-state index is 13.5. The second kappa shape index (κ2) is 7.11. The third-order valence-electron chi connectivity index (χ3n) is 5.65. The summed E-state index contributed by atoms with van der Waals surface area (Å²) < 4.78 is 0. The number of amides is 3. The molecule has 0 spiro atoms. The zero-order valence-electron chi connectivity index (χ0n) is 16.0. The number of rotatable bonds is 3. The first kappa shape index (κ1) is 18.2. The quantitative estimate of drug-likeness (QED) is 0.862. The number of anilines is 2. The van der Waals surface area contributed by atoms with E-state index in [1.165, 1.54) is 0 Å². The second-order valence-corrected chi connectivity index (χ2v) is 7.51. The molecule has 144 valence electrons. The Labute approximate surface area is 163 Å². The van der Waals surface area contributed by atoms with Gasteiger partial charge in [0.15, 0.2) is 0 Å². The Kier molecular flexibility index (Phi) is 4.63. The van der Waals surface area contributed by atoms with Crippen molar-refractivity contribution in [3.05, 3.63) is 59.2 Å². The van der Waals surface area contributed by atoms with Crippen LogP contribution < -0.4 is 10.6 Å². The average Bonchev–Trinajstić information content (AvgIpc) is 2.99. The van der Waals surface area contributed by atoms with Crippen molar-refractivity contribution in [2.45, 2.75) is 39.3 Å². The molecule has 0 radical (unpaired) electrons. The molecule has 28 heavy (non-hydrogen) atoms. The molecule has 0 saturated carbocycles. The summed E-state index contributed by atoms with van der Waals surface area (Å²) in [5.74, 6) is -0.434. The van der Waals surface area contributed by atoms with Gasteiger partial charge < -0.3 is 15.5 Å². The smallest absolute Gasteiger partial charge is 0.254 e. The van der Waals surface area contributed by atoms with E-state index >= 15 is 0 Å². The van der Waals surface area contributed by atoms with E-state index in [9.17, 15) is 14.4 Å². The van der Waals surface area contributed by atoms with Crippen LogP contribution in [0.1, 0.15) is 41.8 Å². The van der Waals surface area contributed by atoms with Crippen LogP contribution in [0.4, 0.5) is 11.4 Å². The number of carbonyl (C=O) groups is 3. The number of hydrogen-bond acceptors (Lipinski definition) is 3. The van der Waals surface area contributed by atoms with Crippen molar-refractivity contribution in [3.8, 4) is 0 Å². The van der Waals surface area contributed by atoms with E-state index in [0.717, 1.165) is 23.2 Å². The van der Waals surface area contributed by atoms with Gasteiger partial charge >= 0.3 is 0 Å². The fourth-order valence-electron chi connectivity index (χ4n) is 3.91. The standard InChI is InChI=1S/C22H23N3O3/c1-3-13(2)20-21(27)24-17-7-5-4-6-16(17)12-25(20)22(28)15-9-8-14-11-19(26)23-18(14)10-15/h4-10,13,20H,3,11-12H2,1-2H3,(H,23,26)(H,24,27). The molecule has 0 aliphatic carbocycles. The van der Waals surface area contributed by atoms with Crippen molar-refractivity contribution >= 4 is 29.1 Å². The van der Waals surface area contributed by atoms with Gasteiger partial charge in [0, 0.05) is 23.5 Å². The molecule has 2 N–H and O–H groups in total. The minimum absolute atomic E-state index is 0.00684. The van der Waals surface area contributed by atoms with E-state index in [2.05, 4.69) is 10.6 Å². The Bertz CT molecular complexity index is 969. The molecule has 0 fully saturated rings. The zero-order valence-corrected chi connectivity index (χ0v) is 16.0. The van der Waals surface area contributed by atoms with Crippen molar-refractivity contribution in [2.24, 2.45) is 5.92 Å². The Balaban J connectivity index is 1.73. The first-order chi connectivity index (χ1) is 13.5. The third kappa shape index (κ3) is 3.15. The molecule has 0 aromatic heterocycles. The summed E-state index contributed by atoms with van der Waals surface area (Å²) in [4.78, 5) is 39.7. The summed E-state index contributed by atoms with van der Waals surface area (Å²) in [6.07, 6.45) is 1.11. The SMILES string of the molecule is CCC(C)C1C(=O)Nc2ccccc2CN1C(=O)c1ccc2c(c1)NC(=O)C2. The number of fused-ring (bicyclic) bond motifs is 2. The Hall–Kier alpha value is -3.15. The molecule has 4 rings (SSSR count). The summed E-state index contributed by atoms with van der Waals surface area (Å²) in [5.41, 5.74) is 3.69. The largest absolute Gasteiger partial charge is 0.326 e. The van der Waals surface area contributed by atoms with E-state index in [4.69, 9.17) is 0 Å². The van der Waals surface area contributed by atoms with Gasteiger partial charge in [0.1, 0.15) is 6.04 Å². The molecule has 2 aliphatic heterocycles. The van der Waals surface area contributed by atoms with Gasteiger partial charge in [-0.25, -0.2) is 0 Å². The lowest BCUT2D eigenvalue weighted by atomic mass is 9.95. The molecule has 2 aromatic rings. The number of nitrogens with zero attached hydrogens (tertiary/aromatic N) is 1. The van der Waals surface area contributed by atoms with Crippen molar-refractivity contribution in [1.82, 2.24) is 4.90 Å². The van der Waals surface area contributed by atoms with Gasteiger partial charge in [-0.05, 0) is 35.2 Å². The van der Waals surface area contributed by atoms with E-state index in [0.29, 0.717) is 24.2 Å². The molecular formula is C22H23N3O3. The highest BCUT2D eigenvalue weighted by molar-refractivity contribution is 6.05. The van der Waals surface area contributed by atoms with Crippen molar-refractivity contribution in [1.29, 1.82) is 0 Å². The minimum atomic E-state index is -0.562. The summed E-state index contributed by atoms with van der Waals surface area (Å²) in [7, 11) is 0. The van der Waals surface area contributed by atoms with Crippen LogP contribution in [0.2, 0.25) is 0 Å². The number of benzene rings is 2. The zero-order chi connectivity index (χ0) is 19.8. The topological polar surface area (TPSA) is 78.5 Å². The van der Waals surface area contributed by atoms with Crippen LogP contribution in [0.5, 0.6) is 0 Å². The Morgan fingerprint density at radius 2 is 1.89 bits per heavy atom. The summed E-state index contributed by atoms with van der Waals surface area (Å²) in [5, 5.41) is 5.77. The summed E-state index contributed by atoms with van der Waals surface area (Å²) >= 11 is 0. The minimum Gasteiger partial charge on any atom is -0.326 e. The molecule has 2 aromatic carbocycles. The monoisotopic (exact) mass is 377 g/mol. The van der Waals surface area contributed by atoms with Gasteiger partial charge in [-0.3, -0.25) is 14.4 Å². The fraction of sp³-hybridized carbons (Fsp3) is 0.318. The Morgan fingerprint density at radius 1 is 1.11 bits per heavy atom. The van der Waals surface area contributed by atoms with Crippen LogP contribution in [0, 0.1) is 5.92 Å². The highest BCUT2D eigenvalue weighted by Gasteiger charge is 2.37. The number of nitrogens with one attached hydrogen (secondary N) is 2. The molecule has 2 aliphatic rings. The normalized spacial score (nSPS) is 19.2. The van der Waals surface area contributed by atoms with Crippen LogP contribution in [-0.2, 0) is 22.6 Å². The molecule has 2 unspecified atom stereocenters. The van der Waals surface area contributed by atoms with E-state index in [1.807, 2.05) is 44.2 Å². The Morgan fingerprint density at radius 3 is 2.68 bits per heavy atom. The molecule has 0 saturated heterocycles. The molecule has 2 atom stereocenters. The summed E-state index contributed by atoms with van der Waals surface area (Å²) in [6, 6.07) is 12.3. The predicted octanol–water partition coefficient (Wildman–Crippen LogP) is 3.19. The lowest BCUT2D eigenvalue weighted by molar-refractivity contribution is -0.122. The van der Waals surface area contributed by atoms with Gasteiger partial charge in [0.25, 0.3) is 5.91 Å². The van der Waals surface area contributed by atoms with Crippen molar-refractivity contribution in [2.75, 3.05) is 10.6 Å². The van der Waals surface area contributed by atoms with Crippen LogP contribution in [-0.4, -0.2) is 28.7 Å². The van der Waals surface area contributed by atoms with Crippen molar-refractivity contribution < 1.29 is 14.4 Å². The fourth-order valence-corrected chi connectivity index (χ4v) is 3.91. The molecular weight excluding hydrogens is 354 g/mol. The van der Waals surface area contributed by atoms with E-state index in [-0.39, 0.29) is 23.6 Å². The predicted molar refractivity (Wildman–Crippen MR) is 107 cm³/mol. The summed E-state index contributed by atoms with van der Waals surface area (Å²) in [6.45, 7) is 4.36. The first-order valence-corrected chi connectivity index (χ1v) is 9.60. The van der Waals surface area contributed by atoms with Crippen molar-refractivity contribution in [3.63, 3.8) is 0 Å². The van der Waals surface area contributed by atoms with Gasteiger partial charge in [-0.2, -0.15) is 0 Å². The van der Waals surface area contributed by atoms with Gasteiger partial charge in [-0.1, -0.05) is 44.5 Å². The van der Waals surface area contributed by atoms with Gasteiger partial charge in [0.05, 0.1) is 6.42 Å². The van der Waals surface area contributed by atoms with Crippen LogP contribution in [0.25, 0.3) is 0 Å². The third-order valence-corrected chi connectivity index (χ3v) is 5.65. The average molecular weight is 377 g/mol. The van der Waals surface area contributed by atoms with Crippen LogP contribution in [0.3, 0.4) is 0 Å². The van der Waals surface area contributed by atoms with E-state index < -0.39 is 6.04 Å². The molecule has 6 heteroatoms. The first-order valence-electron chi connectivity index (χ1n) is 9.60. The second-order valence-electron chi connectivity index (χ2n) is 7.51. The number of hydrogen-bond donors (Lipinski definition) is 2. The molecule has 6 nitrogen and oxygen atoms in total. The molecule has 2 heterocycles. The lowest BCUT2D eigenvalue weighted by Gasteiger charge is -2.32. The lowest BCUT2D eigenvalue weighted by Crippen LogP contribution is -2.48. The number of carbonyl (C=O) groups excluding carboxylic acids is 3. The highest BCUT2D eigenvalue weighted by Crippen LogP contribution is 2.30. The molecule has 3 amide bonds. The molecule has 0 bridgehead atoms. The maximum Gasteiger partial charge on any atom is 0.254 e. The van der Waals surface area contributed by atoms with Crippen LogP contribution in [0.15, 0.2) is 42.5 Å². The van der Waals surface area contributed by atoms with Gasteiger partial charge in [0.2, 0.25) is 11.8 Å². The highest BCUT2D eigenvalue weighted by atomic mass is 16.2. The number of para-hydroxylation sites is 1. The maximum atomic E-state index is 13.5. The van der Waals surface area contributed by atoms with Gasteiger partial charge in [-0.15, -0.1) is 0 Å². The van der Waals surface area contributed by atoms with E-state index in [1.54, 1.807) is 17.0 Å². The van der Waals surface area contributed by atoms with Crippen LogP contribution >= 0.6 is 0 Å².